The smallest absolute Gasteiger partial charge is 0.161 e. The SMILES string of the molecule is COc1ccc([C@H]2CNC[C@H]2C)cc1OCC1CC1. The minimum atomic E-state index is 0.592. The van der Waals surface area contributed by atoms with Crippen molar-refractivity contribution in [2.45, 2.75) is 25.7 Å². The predicted molar refractivity (Wildman–Crippen MR) is 76.0 cm³/mol. The Bertz CT molecular complexity index is 442. The number of rotatable bonds is 5. The molecule has 0 spiro atoms. The van der Waals surface area contributed by atoms with Gasteiger partial charge in [-0.25, -0.2) is 0 Å². The lowest BCUT2D eigenvalue weighted by Gasteiger charge is -2.17. The van der Waals surface area contributed by atoms with Crippen LogP contribution in [0.5, 0.6) is 11.5 Å². The van der Waals surface area contributed by atoms with Gasteiger partial charge in [0.25, 0.3) is 0 Å². The lowest BCUT2D eigenvalue weighted by molar-refractivity contribution is 0.280. The lowest BCUT2D eigenvalue weighted by Crippen LogP contribution is -2.09. The molecule has 0 aromatic heterocycles. The minimum absolute atomic E-state index is 0.592. The number of benzene rings is 1. The zero-order chi connectivity index (χ0) is 13.2. The molecule has 1 heterocycles. The average Bonchev–Trinajstić information content (AvgIpc) is 3.17. The molecule has 0 radical (unpaired) electrons. The molecule has 2 fully saturated rings. The fourth-order valence-corrected chi connectivity index (χ4v) is 2.79. The molecule has 2 aliphatic rings. The van der Waals surface area contributed by atoms with E-state index in [1.54, 1.807) is 7.11 Å². The quantitative estimate of drug-likeness (QED) is 0.884. The van der Waals surface area contributed by atoms with Crippen LogP contribution in [0.4, 0.5) is 0 Å². The first-order chi connectivity index (χ1) is 9.28. The standard InChI is InChI=1S/C16H23NO2/c1-11-8-17-9-14(11)13-5-6-15(18-2)16(7-13)19-10-12-3-4-12/h5-7,11-12,14,17H,3-4,8-10H2,1-2H3/t11-,14+/m1/s1. The van der Waals surface area contributed by atoms with E-state index in [2.05, 4.69) is 24.4 Å². The molecule has 1 aliphatic heterocycles. The monoisotopic (exact) mass is 261 g/mol. The molecule has 0 unspecified atom stereocenters. The average molecular weight is 261 g/mol. The molecular weight excluding hydrogens is 238 g/mol. The summed E-state index contributed by atoms with van der Waals surface area (Å²) in [5.41, 5.74) is 1.36. The van der Waals surface area contributed by atoms with Gasteiger partial charge in [-0.3, -0.25) is 0 Å². The van der Waals surface area contributed by atoms with Crippen LogP contribution in [0.2, 0.25) is 0 Å². The first-order valence-electron chi connectivity index (χ1n) is 7.29. The summed E-state index contributed by atoms with van der Waals surface area (Å²) in [4.78, 5) is 0. The van der Waals surface area contributed by atoms with Gasteiger partial charge in [0, 0.05) is 12.5 Å². The summed E-state index contributed by atoms with van der Waals surface area (Å²) in [6.45, 7) is 5.31. The lowest BCUT2D eigenvalue weighted by atomic mass is 9.90. The molecule has 19 heavy (non-hydrogen) atoms. The number of nitrogens with one attached hydrogen (secondary N) is 1. The number of hydrogen-bond acceptors (Lipinski definition) is 3. The molecule has 1 N–H and O–H groups in total. The van der Waals surface area contributed by atoms with E-state index in [1.807, 2.05) is 6.07 Å². The van der Waals surface area contributed by atoms with Gasteiger partial charge >= 0.3 is 0 Å². The molecule has 3 heteroatoms. The molecule has 0 bridgehead atoms. The zero-order valence-electron chi connectivity index (χ0n) is 11.8. The summed E-state index contributed by atoms with van der Waals surface area (Å²) in [5, 5.41) is 3.46. The van der Waals surface area contributed by atoms with Crippen molar-refractivity contribution in [2.24, 2.45) is 11.8 Å². The molecule has 1 saturated heterocycles. The maximum absolute atomic E-state index is 5.94. The van der Waals surface area contributed by atoms with Gasteiger partial charge in [0.15, 0.2) is 11.5 Å². The van der Waals surface area contributed by atoms with E-state index < -0.39 is 0 Å². The van der Waals surface area contributed by atoms with E-state index in [0.717, 1.165) is 37.1 Å². The largest absolute Gasteiger partial charge is 0.493 e. The van der Waals surface area contributed by atoms with Crippen molar-refractivity contribution < 1.29 is 9.47 Å². The fraction of sp³-hybridized carbons (Fsp3) is 0.625. The van der Waals surface area contributed by atoms with Crippen LogP contribution in [-0.4, -0.2) is 26.8 Å². The summed E-state index contributed by atoms with van der Waals surface area (Å²) in [7, 11) is 1.71. The number of hydrogen-bond donors (Lipinski definition) is 1. The second kappa shape index (κ2) is 5.41. The highest BCUT2D eigenvalue weighted by molar-refractivity contribution is 5.44. The normalized spacial score (nSPS) is 26.4. The van der Waals surface area contributed by atoms with Crippen LogP contribution in [-0.2, 0) is 0 Å². The van der Waals surface area contributed by atoms with Crippen LogP contribution in [0.3, 0.4) is 0 Å². The molecule has 2 atom stereocenters. The molecule has 0 amide bonds. The Hall–Kier alpha value is -1.22. The molecule has 1 aromatic rings. The van der Waals surface area contributed by atoms with Gasteiger partial charge < -0.3 is 14.8 Å². The van der Waals surface area contributed by atoms with E-state index in [0.29, 0.717) is 11.8 Å². The Morgan fingerprint density at radius 1 is 1.21 bits per heavy atom. The van der Waals surface area contributed by atoms with E-state index in [4.69, 9.17) is 9.47 Å². The van der Waals surface area contributed by atoms with Crippen LogP contribution in [0.25, 0.3) is 0 Å². The van der Waals surface area contributed by atoms with Crippen molar-refractivity contribution in [2.75, 3.05) is 26.8 Å². The summed E-state index contributed by atoms with van der Waals surface area (Å²) in [5.74, 6) is 3.80. The van der Waals surface area contributed by atoms with Gasteiger partial charge in [-0.1, -0.05) is 13.0 Å². The third kappa shape index (κ3) is 2.86. The maximum Gasteiger partial charge on any atom is 0.161 e. The second-order valence-corrected chi connectivity index (χ2v) is 5.91. The van der Waals surface area contributed by atoms with Crippen LogP contribution < -0.4 is 14.8 Å². The van der Waals surface area contributed by atoms with E-state index in [-0.39, 0.29) is 0 Å². The summed E-state index contributed by atoms with van der Waals surface area (Å²) in [6, 6.07) is 6.40. The number of ether oxygens (including phenoxy) is 2. The molecular formula is C16H23NO2. The Labute approximate surface area is 115 Å². The molecule has 1 aromatic carbocycles. The predicted octanol–water partition coefficient (Wildman–Crippen LogP) is 2.81. The van der Waals surface area contributed by atoms with Crippen molar-refractivity contribution in [1.29, 1.82) is 0 Å². The van der Waals surface area contributed by atoms with Crippen molar-refractivity contribution in [3.63, 3.8) is 0 Å². The van der Waals surface area contributed by atoms with Gasteiger partial charge in [-0.05, 0) is 48.9 Å². The van der Waals surface area contributed by atoms with E-state index >= 15 is 0 Å². The third-order valence-corrected chi connectivity index (χ3v) is 4.30. The van der Waals surface area contributed by atoms with Crippen molar-refractivity contribution in [3.05, 3.63) is 23.8 Å². The summed E-state index contributed by atoms with van der Waals surface area (Å²) >= 11 is 0. The van der Waals surface area contributed by atoms with Crippen LogP contribution in [0.15, 0.2) is 18.2 Å². The number of methoxy groups -OCH3 is 1. The zero-order valence-corrected chi connectivity index (χ0v) is 11.8. The van der Waals surface area contributed by atoms with Gasteiger partial charge in [0.05, 0.1) is 13.7 Å². The maximum atomic E-state index is 5.94. The van der Waals surface area contributed by atoms with Crippen LogP contribution in [0, 0.1) is 11.8 Å². The van der Waals surface area contributed by atoms with Gasteiger partial charge in [-0.2, -0.15) is 0 Å². The van der Waals surface area contributed by atoms with Gasteiger partial charge in [-0.15, -0.1) is 0 Å². The molecule has 3 nitrogen and oxygen atoms in total. The highest BCUT2D eigenvalue weighted by atomic mass is 16.5. The van der Waals surface area contributed by atoms with E-state index in [9.17, 15) is 0 Å². The first-order valence-corrected chi connectivity index (χ1v) is 7.29. The second-order valence-electron chi connectivity index (χ2n) is 5.91. The minimum Gasteiger partial charge on any atom is -0.493 e. The van der Waals surface area contributed by atoms with Crippen LogP contribution >= 0.6 is 0 Å². The summed E-state index contributed by atoms with van der Waals surface area (Å²) < 4.78 is 11.3. The molecule has 1 saturated carbocycles. The van der Waals surface area contributed by atoms with Crippen molar-refractivity contribution >= 4 is 0 Å². The van der Waals surface area contributed by atoms with Crippen molar-refractivity contribution in [3.8, 4) is 11.5 Å². The Morgan fingerprint density at radius 3 is 2.68 bits per heavy atom. The fourth-order valence-electron chi connectivity index (χ4n) is 2.79. The highest BCUT2D eigenvalue weighted by Crippen LogP contribution is 2.36. The Kier molecular flexibility index (Phi) is 3.65. The van der Waals surface area contributed by atoms with Crippen LogP contribution in [0.1, 0.15) is 31.2 Å². The Balaban J connectivity index is 1.78. The highest BCUT2D eigenvalue weighted by Gasteiger charge is 2.26. The van der Waals surface area contributed by atoms with Crippen molar-refractivity contribution in [1.82, 2.24) is 5.32 Å². The van der Waals surface area contributed by atoms with Gasteiger partial charge in [0.1, 0.15) is 0 Å². The molecule has 1 aliphatic carbocycles. The third-order valence-electron chi connectivity index (χ3n) is 4.30. The molecule has 3 rings (SSSR count). The topological polar surface area (TPSA) is 30.5 Å². The summed E-state index contributed by atoms with van der Waals surface area (Å²) in [6.07, 6.45) is 2.62. The Morgan fingerprint density at radius 2 is 2.05 bits per heavy atom. The first kappa shape index (κ1) is 12.8. The molecule has 104 valence electrons. The van der Waals surface area contributed by atoms with Gasteiger partial charge in [0.2, 0.25) is 0 Å². The van der Waals surface area contributed by atoms with E-state index in [1.165, 1.54) is 18.4 Å².